The molecule has 0 saturated carbocycles. The number of halogens is 2. The maximum atomic E-state index is 11.7. The highest BCUT2D eigenvalue weighted by Crippen LogP contribution is 2.30. The van der Waals surface area contributed by atoms with E-state index in [1.54, 1.807) is 25.3 Å². The van der Waals surface area contributed by atoms with E-state index >= 15 is 0 Å². The molecule has 0 saturated heterocycles. The zero-order valence-electron chi connectivity index (χ0n) is 10.2. The molecule has 1 rings (SSSR count). The summed E-state index contributed by atoms with van der Waals surface area (Å²) in [5.74, 6) is -0.421. The SMILES string of the molecule is COCCNC(C(=O)OC)c1cccc(Cl)c1Cl. The molecular weight excluding hydrogens is 277 g/mol. The van der Waals surface area contributed by atoms with Gasteiger partial charge in [-0.25, -0.2) is 4.79 Å². The van der Waals surface area contributed by atoms with Crippen LogP contribution in [0.4, 0.5) is 0 Å². The third-order valence-corrected chi connectivity index (χ3v) is 3.22. The second-order valence-electron chi connectivity index (χ2n) is 3.55. The molecule has 0 radical (unpaired) electrons. The van der Waals surface area contributed by atoms with Gasteiger partial charge in [0, 0.05) is 19.2 Å². The molecular formula is C12H15Cl2NO3. The highest BCUT2D eigenvalue weighted by atomic mass is 35.5. The number of benzene rings is 1. The first-order valence-electron chi connectivity index (χ1n) is 5.35. The Morgan fingerprint density at radius 1 is 1.39 bits per heavy atom. The molecule has 1 atom stereocenters. The summed E-state index contributed by atoms with van der Waals surface area (Å²) in [7, 11) is 2.91. The summed E-state index contributed by atoms with van der Waals surface area (Å²) in [4.78, 5) is 11.7. The van der Waals surface area contributed by atoms with Gasteiger partial charge in [-0.15, -0.1) is 0 Å². The Balaban J connectivity index is 2.94. The third kappa shape index (κ3) is 3.85. The van der Waals surface area contributed by atoms with Crippen molar-refractivity contribution in [3.8, 4) is 0 Å². The van der Waals surface area contributed by atoms with E-state index in [2.05, 4.69) is 5.32 Å². The molecule has 6 heteroatoms. The molecule has 0 aromatic heterocycles. The van der Waals surface area contributed by atoms with Gasteiger partial charge >= 0.3 is 5.97 Å². The van der Waals surface area contributed by atoms with Crippen molar-refractivity contribution in [2.75, 3.05) is 27.4 Å². The summed E-state index contributed by atoms with van der Waals surface area (Å²) >= 11 is 12.0. The minimum absolute atomic E-state index is 0.347. The summed E-state index contributed by atoms with van der Waals surface area (Å²) in [5.41, 5.74) is 0.590. The first-order valence-corrected chi connectivity index (χ1v) is 6.11. The largest absolute Gasteiger partial charge is 0.468 e. The van der Waals surface area contributed by atoms with Gasteiger partial charge in [-0.05, 0) is 6.07 Å². The van der Waals surface area contributed by atoms with Crippen LogP contribution < -0.4 is 5.32 Å². The van der Waals surface area contributed by atoms with Crippen molar-refractivity contribution in [1.29, 1.82) is 0 Å². The van der Waals surface area contributed by atoms with Crippen LogP contribution >= 0.6 is 23.2 Å². The Hall–Kier alpha value is -0.810. The molecule has 0 spiro atoms. The molecule has 0 heterocycles. The van der Waals surface area contributed by atoms with Crippen LogP contribution in [0, 0.1) is 0 Å². The van der Waals surface area contributed by atoms with Crippen LogP contribution in [-0.2, 0) is 14.3 Å². The van der Waals surface area contributed by atoms with Gasteiger partial charge < -0.3 is 9.47 Å². The fraction of sp³-hybridized carbons (Fsp3) is 0.417. The lowest BCUT2D eigenvalue weighted by atomic mass is 10.1. The van der Waals surface area contributed by atoms with E-state index in [1.165, 1.54) is 7.11 Å². The predicted molar refractivity (Wildman–Crippen MR) is 71.1 cm³/mol. The average Bonchev–Trinajstić information content (AvgIpc) is 2.38. The minimum atomic E-state index is -0.656. The number of ether oxygens (including phenoxy) is 2. The fourth-order valence-corrected chi connectivity index (χ4v) is 1.90. The normalized spacial score (nSPS) is 12.2. The zero-order valence-corrected chi connectivity index (χ0v) is 11.7. The van der Waals surface area contributed by atoms with E-state index in [0.29, 0.717) is 28.8 Å². The molecule has 1 unspecified atom stereocenters. The molecule has 0 bridgehead atoms. The van der Waals surface area contributed by atoms with Crippen LogP contribution in [0.15, 0.2) is 18.2 Å². The summed E-state index contributed by atoms with van der Waals surface area (Å²) in [6.07, 6.45) is 0. The van der Waals surface area contributed by atoms with Gasteiger partial charge in [0.25, 0.3) is 0 Å². The van der Waals surface area contributed by atoms with Gasteiger partial charge in [0.1, 0.15) is 6.04 Å². The number of hydrogen-bond donors (Lipinski definition) is 1. The van der Waals surface area contributed by atoms with Crippen LogP contribution in [0.1, 0.15) is 11.6 Å². The lowest BCUT2D eigenvalue weighted by Gasteiger charge is -2.18. The number of hydrogen-bond acceptors (Lipinski definition) is 4. The maximum absolute atomic E-state index is 11.7. The van der Waals surface area contributed by atoms with E-state index in [9.17, 15) is 4.79 Å². The zero-order chi connectivity index (χ0) is 13.5. The van der Waals surface area contributed by atoms with Crippen molar-refractivity contribution in [1.82, 2.24) is 5.32 Å². The van der Waals surface area contributed by atoms with Crippen LogP contribution in [0.25, 0.3) is 0 Å². The first-order chi connectivity index (χ1) is 8.61. The van der Waals surface area contributed by atoms with E-state index < -0.39 is 12.0 Å². The van der Waals surface area contributed by atoms with Gasteiger partial charge in [-0.1, -0.05) is 35.3 Å². The van der Waals surface area contributed by atoms with Crippen molar-refractivity contribution in [2.45, 2.75) is 6.04 Å². The van der Waals surface area contributed by atoms with Crippen molar-refractivity contribution in [2.24, 2.45) is 0 Å². The van der Waals surface area contributed by atoms with Crippen LogP contribution in [0.2, 0.25) is 10.0 Å². The highest BCUT2D eigenvalue weighted by molar-refractivity contribution is 6.42. The van der Waals surface area contributed by atoms with E-state index in [4.69, 9.17) is 32.7 Å². The number of nitrogens with one attached hydrogen (secondary N) is 1. The number of methoxy groups -OCH3 is 2. The van der Waals surface area contributed by atoms with Crippen molar-refractivity contribution in [3.05, 3.63) is 33.8 Å². The third-order valence-electron chi connectivity index (χ3n) is 2.38. The Kier molecular flexibility index (Phi) is 6.43. The molecule has 4 nitrogen and oxygen atoms in total. The van der Waals surface area contributed by atoms with Gasteiger partial charge in [0.15, 0.2) is 0 Å². The molecule has 0 aliphatic carbocycles. The predicted octanol–water partition coefficient (Wildman–Crippen LogP) is 2.44. The topological polar surface area (TPSA) is 47.6 Å². The van der Waals surface area contributed by atoms with Crippen LogP contribution in [0.5, 0.6) is 0 Å². The molecule has 0 fully saturated rings. The number of carbonyl (C=O) groups excluding carboxylic acids is 1. The van der Waals surface area contributed by atoms with Crippen LogP contribution in [0.3, 0.4) is 0 Å². The van der Waals surface area contributed by atoms with E-state index in [-0.39, 0.29) is 0 Å². The van der Waals surface area contributed by atoms with Gasteiger partial charge in [-0.3, -0.25) is 5.32 Å². The van der Waals surface area contributed by atoms with Gasteiger partial charge in [0.2, 0.25) is 0 Å². The average molecular weight is 292 g/mol. The van der Waals surface area contributed by atoms with Crippen molar-refractivity contribution in [3.63, 3.8) is 0 Å². The Bertz CT molecular complexity index is 412. The van der Waals surface area contributed by atoms with Crippen molar-refractivity contribution >= 4 is 29.2 Å². The summed E-state index contributed by atoms with van der Waals surface area (Å²) in [5, 5.41) is 3.76. The smallest absolute Gasteiger partial charge is 0.327 e. The minimum Gasteiger partial charge on any atom is -0.468 e. The molecule has 1 N–H and O–H groups in total. The maximum Gasteiger partial charge on any atom is 0.327 e. The van der Waals surface area contributed by atoms with E-state index in [1.807, 2.05) is 0 Å². The molecule has 18 heavy (non-hydrogen) atoms. The molecule has 100 valence electrons. The molecule has 0 aliphatic rings. The summed E-state index contributed by atoms with van der Waals surface area (Å²) in [6.45, 7) is 0.977. The molecule has 0 aliphatic heterocycles. The Labute approximate surface area is 116 Å². The van der Waals surface area contributed by atoms with E-state index in [0.717, 1.165) is 0 Å². The van der Waals surface area contributed by atoms with Gasteiger partial charge in [-0.2, -0.15) is 0 Å². The summed E-state index contributed by atoms with van der Waals surface area (Å²) in [6, 6.07) is 4.47. The number of rotatable bonds is 6. The Morgan fingerprint density at radius 3 is 2.72 bits per heavy atom. The summed E-state index contributed by atoms with van der Waals surface area (Å²) < 4.78 is 9.67. The highest BCUT2D eigenvalue weighted by Gasteiger charge is 2.23. The number of esters is 1. The lowest BCUT2D eigenvalue weighted by molar-refractivity contribution is -0.143. The fourth-order valence-electron chi connectivity index (χ4n) is 1.49. The van der Waals surface area contributed by atoms with Gasteiger partial charge in [0.05, 0.1) is 23.8 Å². The lowest BCUT2D eigenvalue weighted by Crippen LogP contribution is -2.32. The van der Waals surface area contributed by atoms with Crippen LogP contribution in [-0.4, -0.2) is 33.3 Å². The molecule has 1 aromatic rings. The van der Waals surface area contributed by atoms with Crippen molar-refractivity contribution < 1.29 is 14.3 Å². The standard InChI is InChI=1S/C12H15Cl2NO3/c1-17-7-6-15-11(12(16)18-2)8-4-3-5-9(13)10(8)14/h3-5,11,15H,6-7H2,1-2H3. The second kappa shape index (κ2) is 7.59. The number of carbonyl (C=O) groups is 1. The second-order valence-corrected chi connectivity index (χ2v) is 4.33. The quantitative estimate of drug-likeness (QED) is 0.646. The first kappa shape index (κ1) is 15.2. The Morgan fingerprint density at radius 2 is 2.11 bits per heavy atom. The monoisotopic (exact) mass is 291 g/mol. The molecule has 1 aromatic carbocycles. The molecule has 0 amide bonds.